The molecule has 25 heavy (non-hydrogen) atoms. The van der Waals surface area contributed by atoms with Crippen LogP contribution in [-0.2, 0) is 0 Å². The summed E-state index contributed by atoms with van der Waals surface area (Å²) >= 11 is 0. The van der Waals surface area contributed by atoms with Crippen LogP contribution in [-0.4, -0.2) is 21.2 Å². The number of non-ortho nitro benzene ring substituents is 1. The summed E-state index contributed by atoms with van der Waals surface area (Å²) in [6, 6.07) is 13.5. The molecule has 0 aliphatic heterocycles. The quantitative estimate of drug-likeness (QED) is 0.400. The number of benzene rings is 1. The van der Waals surface area contributed by atoms with Crippen LogP contribution in [0, 0.1) is 10.1 Å². The van der Waals surface area contributed by atoms with Gasteiger partial charge in [0, 0.05) is 30.1 Å². The van der Waals surface area contributed by atoms with Crippen LogP contribution in [0.5, 0.6) is 0 Å². The maximum Gasteiger partial charge on any atom is 0.269 e. The third-order valence-corrected chi connectivity index (χ3v) is 3.54. The highest BCUT2D eigenvalue weighted by Crippen LogP contribution is 2.17. The number of hydrogen-bond donors (Lipinski definition) is 0. The lowest BCUT2D eigenvalue weighted by molar-refractivity contribution is -0.384. The first-order valence-corrected chi connectivity index (χ1v) is 7.46. The minimum atomic E-state index is -0.425. The molecule has 6 heteroatoms. The van der Waals surface area contributed by atoms with E-state index in [9.17, 15) is 14.9 Å². The molecular formula is C19H13N3O3. The van der Waals surface area contributed by atoms with Gasteiger partial charge >= 0.3 is 0 Å². The molecule has 0 bridgehead atoms. The Labute approximate surface area is 143 Å². The molecule has 0 unspecified atom stereocenters. The first kappa shape index (κ1) is 16.2. The van der Waals surface area contributed by atoms with E-state index < -0.39 is 4.92 Å². The Morgan fingerprint density at radius 2 is 1.28 bits per heavy atom. The smallest absolute Gasteiger partial charge is 0.269 e. The number of hydrogen-bond acceptors (Lipinski definition) is 5. The van der Waals surface area contributed by atoms with E-state index in [4.69, 9.17) is 0 Å². The summed E-state index contributed by atoms with van der Waals surface area (Å²) in [4.78, 5) is 29.4. The first-order chi connectivity index (χ1) is 12.2. The van der Waals surface area contributed by atoms with Gasteiger partial charge in [-0.1, -0.05) is 18.2 Å². The summed E-state index contributed by atoms with van der Waals surface area (Å²) in [5, 5.41) is 10.6. The zero-order chi connectivity index (χ0) is 17.6. The molecule has 0 amide bonds. The highest BCUT2D eigenvalue weighted by atomic mass is 16.6. The van der Waals surface area contributed by atoms with Crippen molar-refractivity contribution in [2.24, 2.45) is 0 Å². The minimum Gasteiger partial charge on any atom is -0.298 e. The maximum absolute atomic E-state index is 10.6. The van der Waals surface area contributed by atoms with Gasteiger partial charge in [-0.05, 0) is 41.5 Å². The zero-order valence-electron chi connectivity index (χ0n) is 13.1. The number of nitro benzene ring substituents is 1. The molecular weight excluding hydrogens is 318 g/mol. The Hall–Kier alpha value is -3.67. The predicted molar refractivity (Wildman–Crippen MR) is 94.9 cm³/mol. The van der Waals surface area contributed by atoms with Gasteiger partial charge in [0.1, 0.15) is 0 Å². The Bertz CT molecular complexity index is 916. The Morgan fingerprint density at radius 3 is 1.76 bits per heavy atom. The highest BCUT2D eigenvalue weighted by Gasteiger charge is 2.03. The van der Waals surface area contributed by atoms with Gasteiger partial charge in [0.15, 0.2) is 6.29 Å². The molecule has 0 N–H and O–H groups in total. The predicted octanol–water partition coefficient (Wildman–Crippen LogP) is 4.03. The molecule has 1 aromatic carbocycles. The molecule has 3 aromatic rings. The van der Waals surface area contributed by atoms with Gasteiger partial charge in [0.05, 0.1) is 16.3 Å². The third-order valence-electron chi connectivity index (χ3n) is 3.54. The van der Waals surface area contributed by atoms with E-state index in [1.807, 2.05) is 24.3 Å². The molecule has 0 fully saturated rings. The standard InChI is InChI=1S/C19H13N3O3/c23-13-16-6-10-19(21-12-16)18-9-5-15(11-20-18)2-1-14-3-7-17(8-4-14)22(24)25/h1-13H/b2-1+. The van der Waals surface area contributed by atoms with Crippen LogP contribution in [0.25, 0.3) is 23.5 Å². The van der Waals surface area contributed by atoms with Crippen molar-refractivity contribution in [3.63, 3.8) is 0 Å². The van der Waals surface area contributed by atoms with E-state index >= 15 is 0 Å². The molecule has 3 rings (SSSR count). The van der Waals surface area contributed by atoms with Crippen LogP contribution < -0.4 is 0 Å². The van der Waals surface area contributed by atoms with E-state index in [1.54, 1.807) is 30.5 Å². The number of aromatic nitrogens is 2. The molecule has 6 nitrogen and oxygen atoms in total. The summed E-state index contributed by atoms with van der Waals surface area (Å²) in [6.45, 7) is 0. The van der Waals surface area contributed by atoms with Crippen molar-refractivity contribution in [2.45, 2.75) is 0 Å². The average molecular weight is 331 g/mol. The largest absolute Gasteiger partial charge is 0.298 e. The lowest BCUT2D eigenvalue weighted by Gasteiger charge is -2.01. The number of carbonyl (C=O) groups excluding carboxylic acids is 1. The van der Waals surface area contributed by atoms with Gasteiger partial charge in [-0.2, -0.15) is 0 Å². The van der Waals surface area contributed by atoms with Crippen molar-refractivity contribution in [3.05, 3.63) is 87.7 Å². The summed E-state index contributed by atoms with van der Waals surface area (Å²) in [5.74, 6) is 0. The molecule has 0 aliphatic carbocycles. The maximum atomic E-state index is 10.6. The van der Waals surface area contributed by atoms with E-state index in [0.717, 1.165) is 17.4 Å². The molecule has 2 aromatic heterocycles. The van der Waals surface area contributed by atoms with Crippen LogP contribution in [0.15, 0.2) is 60.9 Å². The summed E-state index contributed by atoms with van der Waals surface area (Å²) in [5.41, 5.74) is 3.75. The second kappa shape index (κ2) is 7.27. The summed E-state index contributed by atoms with van der Waals surface area (Å²) < 4.78 is 0. The normalized spacial score (nSPS) is 10.7. The fraction of sp³-hybridized carbons (Fsp3) is 0. The monoisotopic (exact) mass is 331 g/mol. The molecule has 0 spiro atoms. The molecule has 0 saturated carbocycles. The Morgan fingerprint density at radius 1 is 0.760 bits per heavy atom. The first-order valence-electron chi connectivity index (χ1n) is 7.46. The van der Waals surface area contributed by atoms with Crippen LogP contribution in [0.4, 0.5) is 5.69 Å². The second-order valence-electron chi connectivity index (χ2n) is 5.25. The van der Waals surface area contributed by atoms with Crippen LogP contribution in [0.3, 0.4) is 0 Å². The molecule has 0 aliphatic rings. The Balaban J connectivity index is 1.73. The van der Waals surface area contributed by atoms with E-state index in [-0.39, 0.29) is 5.69 Å². The molecule has 2 heterocycles. The lowest BCUT2D eigenvalue weighted by Crippen LogP contribution is -1.89. The molecule has 0 atom stereocenters. The Kier molecular flexibility index (Phi) is 4.71. The van der Waals surface area contributed by atoms with Gasteiger partial charge in [-0.3, -0.25) is 24.9 Å². The number of carbonyl (C=O) groups is 1. The SMILES string of the molecule is O=Cc1ccc(-c2ccc(/C=C/c3ccc([N+](=O)[O-])cc3)cn2)nc1. The van der Waals surface area contributed by atoms with Crippen molar-refractivity contribution in [1.29, 1.82) is 0 Å². The number of rotatable bonds is 5. The summed E-state index contributed by atoms with van der Waals surface area (Å²) in [6.07, 6.45) is 7.70. The van der Waals surface area contributed by atoms with Gasteiger partial charge < -0.3 is 0 Å². The van der Waals surface area contributed by atoms with Crippen molar-refractivity contribution >= 4 is 24.1 Å². The second-order valence-corrected chi connectivity index (χ2v) is 5.25. The number of nitrogens with zero attached hydrogens (tertiary/aromatic N) is 3. The van der Waals surface area contributed by atoms with E-state index in [0.29, 0.717) is 17.0 Å². The van der Waals surface area contributed by atoms with Gasteiger partial charge in [0.2, 0.25) is 0 Å². The van der Waals surface area contributed by atoms with Crippen molar-refractivity contribution in [3.8, 4) is 11.4 Å². The van der Waals surface area contributed by atoms with E-state index in [1.165, 1.54) is 18.3 Å². The third kappa shape index (κ3) is 4.00. The molecule has 0 saturated heterocycles. The average Bonchev–Trinajstić information content (AvgIpc) is 2.67. The van der Waals surface area contributed by atoms with Crippen LogP contribution >= 0.6 is 0 Å². The van der Waals surface area contributed by atoms with E-state index in [2.05, 4.69) is 9.97 Å². The van der Waals surface area contributed by atoms with Crippen molar-refractivity contribution < 1.29 is 9.72 Å². The number of nitro groups is 1. The minimum absolute atomic E-state index is 0.0660. The van der Waals surface area contributed by atoms with Crippen molar-refractivity contribution in [2.75, 3.05) is 0 Å². The molecule has 0 radical (unpaired) electrons. The fourth-order valence-corrected chi connectivity index (χ4v) is 2.18. The van der Waals surface area contributed by atoms with Crippen LogP contribution in [0.1, 0.15) is 21.5 Å². The van der Waals surface area contributed by atoms with Gasteiger partial charge in [-0.25, -0.2) is 0 Å². The molecule has 122 valence electrons. The summed E-state index contributed by atoms with van der Waals surface area (Å²) in [7, 11) is 0. The number of pyridine rings is 2. The van der Waals surface area contributed by atoms with Gasteiger partial charge in [0.25, 0.3) is 5.69 Å². The topological polar surface area (TPSA) is 86.0 Å². The number of aldehydes is 1. The fourth-order valence-electron chi connectivity index (χ4n) is 2.18. The zero-order valence-corrected chi connectivity index (χ0v) is 13.1. The lowest BCUT2D eigenvalue weighted by atomic mass is 10.1. The van der Waals surface area contributed by atoms with Crippen molar-refractivity contribution in [1.82, 2.24) is 9.97 Å². The highest BCUT2D eigenvalue weighted by molar-refractivity contribution is 5.75. The van der Waals surface area contributed by atoms with Gasteiger partial charge in [-0.15, -0.1) is 0 Å². The van der Waals surface area contributed by atoms with Crippen LogP contribution in [0.2, 0.25) is 0 Å².